The Hall–Kier alpha value is -0.490. The van der Waals surface area contributed by atoms with E-state index in [-0.39, 0.29) is 5.82 Å². The van der Waals surface area contributed by atoms with Crippen molar-refractivity contribution in [2.45, 2.75) is 37.9 Å². The molecule has 1 aromatic rings. The lowest BCUT2D eigenvalue weighted by atomic mass is 9.84. The van der Waals surface area contributed by atoms with Crippen molar-refractivity contribution in [3.63, 3.8) is 0 Å². The van der Waals surface area contributed by atoms with Crippen LogP contribution in [0.3, 0.4) is 0 Å². The van der Waals surface area contributed by atoms with E-state index in [1.54, 1.807) is 6.07 Å². The molecule has 3 nitrogen and oxygen atoms in total. The van der Waals surface area contributed by atoms with E-state index in [0.717, 1.165) is 5.56 Å². The number of hydrogen-bond acceptors (Lipinski definition) is 3. The van der Waals surface area contributed by atoms with Crippen molar-refractivity contribution in [1.29, 1.82) is 0 Å². The third kappa shape index (κ3) is 3.39. The van der Waals surface area contributed by atoms with Gasteiger partial charge >= 0.3 is 0 Å². The second kappa shape index (κ2) is 6.98. The van der Waals surface area contributed by atoms with Crippen molar-refractivity contribution in [3.05, 3.63) is 34.1 Å². The molecule has 0 amide bonds. The number of rotatable bonds is 5. The van der Waals surface area contributed by atoms with E-state index in [2.05, 4.69) is 15.9 Å². The number of aliphatic hydroxyl groups excluding tert-OH is 1. The molecule has 112 valence electrons. The largest absolute Gasteiger partial charge is 0.390 e. The molecule has 1 fully saturated rings. The molecule has 1 unspecified atom stereocenters. The van der Waals surface area contributed by atoms with Gasteiger partial charge in [-0.25, -0.2) is 4.39 Å². The molecule has 1 aliphatic rings. The van der Waals surface area contributed by atoms with Gasteiger partial charge in [-0.3, -0.25) is 0 Å². The minimum atomic E-state index is -0.676. The maximum Gasteiger partial charge on any atom is 0.137 e. The number of halogens is 2. The van der Waals surface area contributed by atoms with E-state index >= 15 is 0 Å². The number of ether oxygens (including phenoxy) is 2. The van der Waals surface area contributed by atoms with Crippen LogP contribution in [0.5, 0.6) is 0 Å². The highest BCUT2D eigenvalue weighted by Gasteiger charge is 2.40. The molecule has 1 atom stereocenters. The fraction of sp³-hybridized carbons (Fsp3) is 0.600. The van der Waals surface area contributed by atoms with Gasteiger partial charge in [-0.05, 0) is 34.5 Å². The van der Waals surface area contributed by atoms with Crippen LogP contribution in [-0.2, 0) is 15.9 Å². The van der Waals surface area contributed by atoms with Crippen LogP contribution in [0.2, 0.25) is 0 Å². The van der Waals surface area contributed by atoms with Gasteiger partial charge in [-0.2, -0.15) is 0 Å². The molecule has 0 bridgehead atoms. The first-order valence-electron chi connectivity index (χ1n) is 6.92. The predicted molar refractivity (Wildman–Crippen MR) is 78.2 cm³/mol. The van der Waals surface area contributed by atoms with Gasteiger partial charge in [0.2, 0.25) is 0 Å². The molecule has 1 aliphatic heterocycles. The smallest absolute Gasteiger partial charge is 0.137 e. The number of benzene rings is 1. The minimum absolute atomic E-state index is 0.313. The Morgan fingerprint density at radius 3 is 2.80 bits per heavy atom. The average Bonchev–Trinajstić information content (AvgIpc) is 2.45. The third-order valence-electron chi connectivity index (χ3n) is 3.82. The lowest BCUT2D eigenvalue weighted by Gasteiger charge is -2.40. The Morgan fingerprint density at radius 1 is 1.45 bits per heavy atom. The highest BCUT2D eigenvalue weighted by atomic mass is 79.9. The molecular formula is C15H20BrFO3. The zero-order chi connectivity index (χ0) is 14.6. The van der Waals surface area contributed by atoms with Gasteiger partial charge in [0.1, 0.15) is 5.82 Å². The van der Waals surface area contributed by atoms with E-state index in [1.807, 2.05) is 13.0 Å². The first-order valence-corrected chi connectivity index (χ1v) is 7.71. The Kier molecular flexibility index (Phi) is 5.55. The zero-order valence-electron chi connectivity index (χ0n) is 11.6. The summed E-state index contributed by atoms with van der Waals surface area (Å²) in [6.07, 6.45) is 1.01. The van der Waals surface area contributed by atoms with Gasteiger partial charge in [0.25, 0.3) is 0 Å². The minimum Gasteiger partial charge on any atom is -0.390 e. The molecule has 1 heterocycles. The van der Waals surface area contributed by atoms with Crippen molar-refractivity contribution < 1.29 is 19.0 Å². The van der Waals surface area contributed by atoms with E-state index < -0.39 is 11.7 Å². The van der Waals surface area contributed by atoms with Gasteiger partial charge in [-0.15, -0.1) is 0 Å². The van der Waals surface area contributed by atoms with E-state index in [4.69, 9.17) is 9.47 Å². The molecule has 2 rings (SSSR count). The molecule has 0 radical (unpaired) electrons. The highest BCUT2D eigenvalue weighted by Crippen LogP contribution is 2.32. The first kappa shape index (κ1) is 15.9. The topological polar surface area (TPSA) is 38.7 Å². The monoisotopic (exact) mass is 346 g/mol. The Morgan fingerprint density at radius 2 is 2.15 bits per heavy atom. The summed E-state index contributed by atoms with van der Waals surface area (Å²) in [5.41, 5.74) is 0.168. The molecule has 0 aliphatic carbocycles. The van der Waals surface area contributed by atoms with Crippen molar-refractivity contribution >= 4 is 15.9 Å². The second-order valence-corrected chi connectivity index (χ2v) is 5.84. The average molecular weight is 347 g/mol. The fourth-order valence-electron chi connectivity index (χ4n) is 2.68. The summed E-state index contributed by atoms with van der Waals surface area (Å²) >= 11 is 3.24. The SMILES string of the molecule is CCOC1(C(O)Cc2cccc(F)c2Br)CCOCC1. The van der Waals surface area contributed by atoms with Crippen molar-refractivity contribution in [1.82, 2.24) is 0 Å². The van der Waals surface area contributed by atoms with Gasteiger partial charge < -0.3 is 14.6 Å². The van der Waals surface area contributed by atoms with Crippen LogP contribution in [0.4, 0.5) is 4.39 Å². The van der Waals surface area contributed by atoms with Crippen LogP contribution in [0, 0.1) is 5.82 Å². The van der Waals surface area contributed by atoms with Crippen LogP contribution in [0.1, 0.15) is 25.3 Å². The summed E-state index contributed by atoms with van der Waals surface area (Å²) in [5, 5.41) is 10.6. The van der Waals surface area contributed by atoms with Crippen LogP contribution in [0.15, 0.2) is 22.7 Å². The lowest BCUT2D eigenvalue weighted by Crippen LogP contribution is -2.50. The Bertz CT molecular complexity index is 441. The molecular weight excluding hydrogens is 327 g/mol. The summed E-state index contributed by atoms with van der Waals surface area (Å²) < 4.78 is 25.1. The van der Waals surface area contributed by atoms with E-state index in [9.17, 15) is 9.50 Å². The quantitative estimate of drug-likeness (QED) is 0.890. The summed E-state index contributed by atoms with van der Waals surface area (Å²) in [4.78, 5) is 0. The highest BCUT2D eigenvalue weighted by molar-refractivity contribution is 9.10. The Balaban J connectivity index is 2.15. The van der Waals surface area contributed by atoms with Crippen LogP contribution in [-0.4, -0.2) is 36.6 Å². The number of hydrogen-bond donors (Lipinski definition) is 1. The molecule has 1 saturated heterocycles. The van der Waals surface area contributed by atoms with Crippen LogP contribution >= 0.6 is 15.9 Å². The molecule has 20 heavy (non-hydrogen) atoms. The van der Waals surface area contributed by atoms with E-state index in [1.165, 1.54) is 6.07 Å². The zero-order valence-corrected chi connectivity index (χ0v) is 13.2. The predicted octanol–water partition coefficient (Wildman–Crippen LogP) is 3.08. The first-order chi connectivity index (χ1) is 9.59. The van der Waals surface area contributed by atoms with Crippen molar-refractivity contribution in [3.8, 4) is 0 Å². The lowest BCUT2D eigenvalue weighted by molar-refractivity contribution is -0.165. The van der Waals surface area contributed by atoms with Crippen LogP contribution < -0.4 is 0 Å². The Labute approximate surface area is 127 Å². The fourth-order valence-corrected chi connectivity index (χ4v) is 3.10. The summed E-state index contributed by atoms with van der Waals surface area (Å²) in [6, 6.07) is 4.86. The molecule has 0 spiro atoms. The van der Waals surface area contributed by atoms with Gasteiger partial charge in [0, 0.05) is 39.1 Å². The van der Waals surface area contributed by atoms with Crippen molar-refractivity contribution in [2.75, 3.05) is 19.8 Å². The molecule has 1 N–H and O–H groups in total. The third-order valence-corrected chi connectivity index (χ3v) is 4.71. The number of aliphatic hydroxyl groups is 1. The summed E-state index contributed by atoms with van der Waals surface area (Å²) in [5.74, 6) is -0.313. The molecule has 5 heteroatoms. The summed E-state index contributed by atoms with van der Waals surface area (Å²) in [7, 11) is 0. The summed E-state index contributed by atoms with van der Waals surface area (Å²) in [6.45, 7) is 3.63. The maximum absolute atomic E-state index is 13.5. The standard InChI is InChI=1S/C15H20BrFO3/c1-2-20-15(6-8-19-9-7-15)13(18)10-11-4-3-5-12(17)14(11)16/h3-5,13,18H,2,6-10H2,1H3. The van der Waals surface area contributed by atoms with Crippen molar-refractivity contribution in [2.24, 2.45) is 0 Å². The molecule has 0 aromatic heterocycles. The normalized spacial score (nSPS) is 19.8. The molecule has 0 saturated carbocycles. The molecule has 1 aromatic carbocycles. The van der Waals surface area contributed by atoms with Gasteiger partial charge in [0.15, 0.2) is 0 Å². The second-order valence-electron chi connectivity index (χ2n) is 5.04. The van der Waals surface area contributed by atoms with Gasteiger partial charge in [-0.1, -0.05) is 12.1 Å². The maximum atomic E-state index is 13.5. The van der Waals surface area contributed by atoms with Gasteiger partial charge in [0.05, 0.1) is 16.2 Å². The van der Waals surface area contributed by atoms with Crippen LogP contribution in [0.25, 0.3) is 0 Å². The van der Waals surface area contributed by atoms with E-state index in [0.29, 0.717) is 43.6 Å².